The number of para-hydroxylation sites is 1. The van der Waals surface area contributed by atoms with Crippen LogP contribution in [0.1, 0.15) is 40.2 Å². The van der Waals surface area contributed by atoms with Crippen LogP contribution in [0.4, 0.5) is 4.79 Å². The van der Waals surface area contributed by atoms with E-state index in [1.807, 2.05) is 26.0 Å². The summed E-state index contributed by atoms with van der Waals surface area (Å²) < 4.78 is 6.84. The van der Waals surface area contributed by atoms with Gasteiger partial charge in [0.25, 0.3) is 5.56 Å². The van der Waals surface area contributed by atoms with E-state index in [9.17, 15) is 14.4 Å². The van der Waals surface area contributed by atoms with Gasteiger partial charge in [-0.1, -0.05) is 30.8 Å². The molecule has 1 aliphatic rings. The lowest BCUT2D eigenvalue weighted by molar-refractivity contribution is -0.138. The molecule has 0 spiro atoms. The number of carbonyl (C=O) groups is 2. The maximum absolute atomic E-state index is 13.1. The van der Waals surface area contributed by atoms with E-state index < -0.39 is 12.0 Å². The topological polar surface area (TPSA) is 102 Å². The first-order valence-corrected chi connectivity index (χ1v) is 11.0. The fraction of sp³-hybridized carbons (Fsp3) is 0.429. The van der Waals surface area contributed by atoms with E-state index in [-0.39, 0.29) is 30.0 Å². The van der Waals surface area contributed by atoms with Crippen molar-refractivity contribution < 1.29 is 14.3 Å². The average molecular weight is 431 g/mol. The number of fused-ring (bicyclic) bond motifs is 1. The summed E-state index contributed by atoms with van der Waals surface area (Å²) in [5, 5.41) is 6.51. The monoisotopic (exact) mass is 430 g/mol. The van der Waals surface area contributed by atoms with Crippen molar-refractivity contribution >= 4 is 34.7 Å². The number of amides is 2. The lowest BCUT2D eigenvalue weighted by Gasteiger charge is -2.26. The number of esters is 1. The molecule has 9 heteroatoms. The number of hydrogen-bond donors (Lipinski definition) is 2. The largest absolute Gasteiger partial charge is 0.463 e. The summed E-state index contributed by atoms with van der Waals surface area (Å²) in [4.78, 5) is 42.2. The third-order valence-corrected chi connectivity index (χ3v) is 6.00. The van der Waals surface area contributed by atoms with Crippen LogP contribution in [-0.2, 0) is 9.53 Å². The highest BCUT2D eigenvalue weighted by atomic mass is 32.2. The van der Waals surface area contributed by atoms with Crippen LogP contribution < -0.4 is 16.2 Å². The van der Waals surface area contributed by atoms with Crippen molar-refractivity contribution in [3.05, 3.63) is 45.9 Å². The zero-order valence-corrected chi connectivity index (χ0v) is 18.3. The number of thioether (sulfide) groups is 1. The number of carbonyl (C=O) groups excluding carboxylic acids is 2. The van der Waals surface area contributed by atoms with Gasteiger partial charge in [0, 0.05) is 17.5 Å². The van der Waals surface area contributed by atoms with Crippen molar-refractivity contribution in [3.63, 3.8) is 0 Å². The number of rotatable bonds is 7. The Morgan fingerprint density at radius 2 is 2.03 bits per heavy atom. The molecule has 2 heterocycles. The molecule has 0 radical (unpaired) electrons. The zero-order valence-electron chi connectivity index (χ0n) is 17.5. The first-order valence-electron chi connectivity index (χ1n) is 9.99. The molecule has 2 N–H and O–H groups in total. The second kappa shape index (κ2) is 9.34. The van der Waals surface area contributed by atoms with Crippen molar-refractivity contribution in [2.24, 2.45) is 0 Å². The fourth-order valence-electron chi connectivity index (χ4n) is 3.33. The van der Waals surface area contributed by atoms with Crippen LogP contribution in [0, 0.1) is 0 Å². The summed E-state index contributed by atoms with van der Waals surface area (Å²) in [6.07, 6.45) is 0.766. The van der Waals surface area contributed by atoms with Crippen molar-refractivity contribution in [2.45, 2.75) is 51.4 Å². The number of aromatic nitrogens is 2. The van der Waals surface area contributed by atoms with Crippen molar-refractivity contribution in [1.29, 1.82) is 0 Å². The molecular formula is C21H26N4O4S. The van der Waals surface area contributed by atoms with Gasteiger partial charge >= 0.3 is 12.0 Å². The van der Waals surface area contributed by atoms with E-state index in [1.54, 1.807) is 30.5 Å². The number of nitrogens with zero attached hydrogens (tertiary/aromatic N) is 2. The third kappa shape index (κ3) is 4.35. The van der Waals surface area contributed by atoms with Gasteiger partial charge in [-0.25, -0.2) is 14.6 Å². The predicted molar refractivity (Wildman–Crippen MR) is 117 cm³/mol. The van der Waals surface area contributed by atoms with Crippen LogP contribution in [0.3, 0.4) is 0 Å². The van der Waals surface area contributed by atoms with E-state index in [1.165, 1.54) is 11.8 Å². The van der Waals surface area contributed by atoms with E-state index >= 15 is 0 Å². The smallest absolute Gasteiger partial charge is 0.337 e. The Morgan fingerprint density at radius 3 is 2.73 bits per heavy atom. The highest BCUT2D eigenvalue weighted by Gasteiger charge is 2.30. The Bertz CT molecular complexity index is 1060. The molecule has 0 unspecified atom stereocenters. The highest BCUT2D eigenvalue weighted by molar-refractivity contribution is 7.99. The van der Waals surface area contributed by atoms with Crippen LogP contribution in [0.25, 0.3) is 10.9 Å². The molecule has 1 aromatic heterocycles. The first-order chi connectivity index (χ1) is 14.4. The Hall–Kier alpha value is -2.81. The standard InChI is InChI=1S/C21H26N4O4S/c1-5-12(3)25-18(26)14-9-7-8-10-15(14)24-21(25)30-11-16-17(19(27)29-6-2)13(4)22-20(28)23-16/h7-10,12-13H,5-6,11H2,1-4H3,(H2,22,23,28)/t12-,13-/m0/s1. The number of ether oxygens (including phenoxy) is 1. The SMILES string of the molecule is CCOC(=O)C1=C(CSc2nc3ccccc3c(=O)n2[C@@H](C)CC)NC(=O)N[C@H]1C. The quantitative estimate of drug-likeness (QED) is 0.398. The molecule has 1 aliphatic heterocycles. The molecule has 2 atom stereocenters. The Kier molecular flexibility index (Phi) is 6.81. The predicted octanol–water partition coefficient (Wildman–Crippen LogP) is 2.98. The van der Waals surface area contributed by atoms with Gasteiger partial charge in [0.2, 0.25) is 0 Å². The molecule has 0 saturated heterocycles. The van der Waals surface area contributed by atoms with E-state index in [2.05, 4.69) is 10.6 Å². The molecule has 0 saturated carbocycles. The number of hydrogen-bond acceptors (Lipinski definition) is 6. The minimum Gasteiger partial charge on any atom is -0.463 e. The summed E-state index contributed by atoms with van der Waals surface area (Å²) in [7, 11) is 0. The van der Waals surface area contributed by atoms with Gasteiger partial charge in [-0.05, 0) is 39.3 Å². The van der Waals surface area contributed by atoms with Crippen molar-refractivity contribution in [2.75, 3.05) is 12.4 Å². The molecule has 3 rings (SSSR count). The van der Waals surface area contributed by atoms with Crippen LogP contribution >= 0.6 is 11.8 Å². The molecule has 30 heavy (non-hydrogen) atoms. The van der Waals surface area contributed by atoms with E-state index in [4.69, 9.17) is 9.72 Å². The van der Waals surface area contributed by atoms with Crippen molar-refractivity contribution in [3.8, 4) is 0 Å². The van der Waals surface area contributed by atoms with Crippen LogP contribution in [-0.4, -0.2) is 40.0 Å². The van der Waals surface area contributed by atoms with Crippen LogP contribution in [0.2, 0.25) is 0 Å². The Labute approximate surface area is 179 Å². The average Bonchev–Trinajstić information content (AvgIpc) is 2.71. The van der Waals surface area contributed by atoms with Gasteiger partial charge in [-0.15, -0.1) is 0 Å². The maximum atomic E-state index is 13.1. The molecule has 8 nitrogen and oxygen atoms in total. The first kappa shape index (κ1) is 21.9. The molecule has 0 fully saturated rings. The highest BCUT2D eigenvalue weighted by Crippen LogP contribution is 2.26. The Morgan fingerprint density at radius 1 is 1.30 bits per heavy atom. The molecule has 1 aromatic carbocycles. The summed E-state index contributed by atoms with van der Waals surface area (Å²) >= 11 is 1.31. The minimum absolute atomic E-state index is 0.0443. The van der Waals surface area contributed by atoms with Gasteiger partial charge in [0.15, 0.2) is 5.16 Å². The lowest BCUT2D eigenvalue weighted by Crippen LogP contribution is -2.49. The molecular weight excluding hydrogens is 404 g/mol. The second-order valence-electron chi connectivity index (χ2n) is 7.07. The van der Waals surface area contributed by atoms with Crippen LogP contribution in [0.15, 0.2) is 45.5 Å². The number of urea groups is 1. The second-order valence-corrected chi connectivity index (χ2v) is 8.01. The van der Waals surface area contributed by atoms with E-state index in [0.29, 0.717) is 27.3 Å². The van der Waals surface area contributed by atoms with Crippen LogP contribution in [0.5, 0.6) is 0 Å². The minimum atomic E-state index is -0.477. The molecule has 0 bridgehead atoms. The molecule has 160 valence electrons. The molecule has 0 aliphatic carbocycles. The molecule has 2 amide bonds. The lowest BCUT2D eigenvalue weighted by atomic mass is 10.1. The number of benzene rings is 1. The van der Waals surface area contributed by atoms with Gasteiger partial charge in [-0.2, -0.15) is 0 Å². The van der Waals surface area contributed by atoms with Gasteiger partial charge in [0.05, 0.1) is 29.1 Å². The number of nitrogens with one attached hydrogen (secondary N) is 2. The van der Waals surface area contributed by atoms with Gasteiger partial charge in [0.1, 0.15) is 0 Å². The van der Waals surface area contributed by atoms with Gasteiger partial charge < -0.3 is 15.4 Å². The Balaban J connectivity index is 2.02. The van der Waals surface area contributed by atoms with Crippen molar-refractivity contribution in [1.82, 2.24) is 20.2 Å². The summed E-state index contributed by atoms with van der Waals surface area (Å²) in [6.45, 7) is 7.69. The summed E-state index contributed by atoms with van der Waals surface area (Å²) in [5.41, 5.74) is 1.36. The van der Waals surface area contributed by atoms with Gasteiger partial charge in [-0.3, -0.25) is 9.36 Å². The molecule has 2 aromatic rings. The van der Waals surface area contributed by atoms with E-state index in [0.717, 1.165) is 6.42 Å². The zero-order chi connectivity index (χ0) is 21.8. The summed E-state index contributed by atoms with van der Waals surface area (Å²) in [5.74, 6) is -0.202. The summed E-state index contributed by atoms with van der Waals surface area (Å²) in [6, 6.07) is 6.34. The normalized spacial score (nSPS) is 17.5. The fourth-order valence-corrected chi connectivity index (χ4v) is 4.39. The maximum Gasteiger partial charge on any atom is 0.337 e. The third-order valence-electron chi connectivity index (χ3n) is 5.02.